The SMILES string of the molecule is CS(=O)(=O)NCc1csc2c1S(=O)(=O)N=C(C1C(=O)[C@@H]3C4CCC(CC4)[C@@H]3N(Cc3cc(F)c(F)c(F)c3)C1=O)N2. The minimum Gasteiger partial charge on any atom is -0.333 e. The number of nitrogens with zero attached hydrogens (tertiary/aromatic N) is 2. The van der Waals surface area contributed by atoms with Crippen molar-refractivity contribution < 1.29 is 39.6 Å². The second kappa shape index (κ2) is 9.88. The Bertz CT molecular complexity index is 1690. The van der Waals surface area contributed by atoms with E-state index in [4.69, 9.17) is 0 Å². The van der Waals surface area contributed by atoms with E-state index in [9.17, 15) is 39.6 Å². The lowest BCUT2D eigenvalue weighted by Gasteiger charge is -2.55. The molecule has 4 fully saturated rings. The third-order valence-electron chi connectivity index (χ3n) is 8.41. The number of nitrogens with one attached hydrogen (secondary N) is 2. The van der Waals surface area contributed by atoms with Gasteiger partial charge in [-0.1, -0.05) is 0 Å². The van der Waals surface area contributed by atoms with Crippen molar-refractivity contribution >= 4 is 53.9 Å². The Hall–Kier alpha value is -2.82. The molecule has 2 bridgehead atoms. The van der Waals surface area contributed by atoms with Crippen LogP contribution in [0.5, 0.6) is 0 Å². The molecule has 1 unspecified atom stereocenters. The zero-order valence-electron chi connectivity index (χ0n) is 21.6. The lowest BCUT2D eigenvalue weighted by Crippen LogP contribution is -2.66. The fraction of sp³-hybridized carbons (Fsp3) is 0.480. The molecule has 5 aliphatic rings. The van der Waals surface area contributed by atoms with Crippen molar-refractivity contribution in [3.8, 4) is 0 Å². The van der Waals surface area contributed by atoms with Crippen LogP contribution in [0.15, 0.2) is 26.8 Å². The molecule has 2 aliphatic heterocycles. The van der Waals surface area contributed by atoms with Crippen LogP contribution < -0.4 is 10.0 Å². The molecule has 41 heavy (non-hydrogen) atoms. The molecule has 1 amide bonds. The molecule has 2 aromatic rings. The summed E-state index contributed by atoms with van der Waals surface area (Å²) in [6.45, 7) is -0.601. The number of hydrogen-bond acceptors (Lipinski definition) is 8. The second-order valence-corrected chi connectivity index (χ2v) is 15.2. The van der Waals surface area contributed by atoms with E-state index in [1.165, 1.54) is 10.3 Å². The summed E-state index contributed by atoms with van der Waals surface area (Å²) in [5.41, 5.74) is 0.149. The van der Waals surface area contributed by atoms with Crippen molar-refractivity contribution in [2.24, 2.45) is 28.1 Å². The maximum atomic E-state index is 14.0. The van der Waals surface area contributed by atoms with Gasteiger partial charge in [-0.3, -0.25) is 9.59 Å². The number of piperidine rings is 1. The van der Waals surface area contributed by atoms with Crippen LogP contribution in [0.4, 0.5) is 18.2 Å². The van der Waals surface area contributed by atoms with Gasteiger partial charge in [-0.15, -0.1) is 15.7 Å². The van der Waals surface area contributed by atoms with Gasteiger partial charge in [-0.05, 0) is 60.6 Å². The number of amides is 1. The van der Waals surface area contributed by atoms with Crippen LogP contribution in [0.2, 0.25) is 0 Å². The van der Waals surface area contributed by atoms with Gasteiger partial charge in [0, 0.05) is 30.6 Å². The average Bonchev–Trinajstić information content (AvgIpc) is 3.32. The number of carbonyl (C=O) groups excluding carboxylic acids is 2. The molecule has 2 N–H and O–H groups in total. The van der Waals surface area contributed by atoms with Crippen molar-refractivity contribution in [3.63, 3.8) is 0 Å². The van der Waals surface area contributed by atoms with Crippen molar-refractivity contribution in [1.82, 2.24) is 9.62 Å². The number of thiophene rings is 1. The van der Waals surface area contributed by atoms with E-state index in [0.29, 0.717) is 0 Å². The number of rotatable bonds is 6. The first kappa shape index (κ1) is 28.3. The predicted octanol–water partition coefficient (Wildman–Crippen LogP) is 2.76. The van der Waals surface area contributed by atoms with Gasteiger partial charge < -0.3 is 10.2 Å². The number of benzene rings is 1. The Labute approximate surface area is 238 Å². The lowest BCUT2D eigenvalue weighted by atomic mass is 9.57. The first-order valence-electron chi connectivity index (χ1n) is 12.9. The molecule has 1 aromatic carbocycles. The van der Waals surface area contributed by atoms with Gasteiger partial charge in [0.1, 0.15) is 15.7 Å². The molecular weight excluding hydrogens is 605 g/mol. The molecule has 1 saturated heterocycles. The Balaban J connectivity index is 1.38. The summed E-state index contributed by atoms with van der Waals surface area (Å²) in [6.07, 6.45) is 4.00. The van der Waals surface area contributed by atoms with Gasteiger partial charge in [-0.25, -0.2) is 26.3 Å². The van der Waals surface area contributed by atoms with E-state index in [-0.39, 0.29) is 51.8 Å². The topological polar surface area (TPSA) is 142 Å². The van der Waals surface area contributed by atoms with Crippen molar-refractivity contribution in [2.45, 2.75) is 49.7 Å². The molecule has 16 heteroatoms. The van der Waals surface area contributed by atoms with Gasteiger partial charge in [0.25, 0.3) is 10.0 Å². The number of Topliss-reactive ketones (excluding diaryl/α,β-unsaturated/α-hetero) is 1. The third kappa shape index (κ3) is 4.87. The normalized spacial score (nSPS) is 28.6. The number of halogens is 3. The number of hydrogen-bond donors (Lipinski definition) is 2. The largest absolute Gasteiger partial charge is 0.333 e. The number of ketones is 1. The van der Waals surface area contributed by atoms with Crippen molar-refractivity contribution in [1.29, 1.82) is 0 Å². The number of anilines is 1. The van der Waals surface area contributed by atoms with Crippen LogP contribution in [0.1, 0.15) is 36.8 Å². The summed E-state index contributed by atoms with van der Waals surface area (Å²) in [5, 5.41) is 4.35. The van der Waals surface area contributed by atoms with Crippen LogP contribution in [-0.4, -0.2) is 51.6 Å². The highest BCUT2D eigenvalue weighted by atomic mass is 32.2. The first-order chi connectivity index (χ1) is 19.2. The number of fused-ring (bicyclic) bond motifs is 3. The summed E-state index contributed by atoms with van der Waals surface area (Å²) in [5.74, 6) is -8.33. The fourth-order valence-electron chi connectivity index (χ4n) is 6.75. The minimum atomic E-state index is -4.44. The highest BCUT2D eigenvalue weighted by molar-refractivity contribution is 7.91. The Morgan fingerprint density at radius 2 is 1.73 bits per heavy atom. The van der Waals surface area contributed by atoms with E-state index >= 15 is 0 Å². The Morgan fingerprint density at radius 3 is 2.37 bits per heavy atom. The van der Waals surface area contributed by atoms with Gasteiger partial charge >= 0.3 is 0 Å². The standard InChI is InChI=1S/C25H25F3N4O6S3/c1-40(35,36)29-8-14-10-39-24-22(14)41(37,38)31-23(30-24)18-21(33)17-12-2-4-13(5-3-12)20(17)32(25(18)34)9-11-6-15(26)19(28)16(27)7-11/h6-7,10,12-13,17-18,20,29H,2-5,8-9H2,1H3,(H,30,31)/t12?,13?,17-,18?,20+/m1/s1. The third-order valence-corrected chi connectivity index (χ3v) is 11.6. The van der Waals surface area contributed by atoms with Crippen LogP contribution >= 0.6 is 11.3 Å². The van der Waals surface area contributed by atoms with Crippen LogP contribution in [-0.2, 0) is 42.7 Å². The Morgan fingerprint density at radius 1 is 1.10 bits per heavy atom. The second-order valence-electron chi connectivity index (χ2n) is 11.0. The van der Waals surface area contributed by atoms with Crippen molar-refractivity contribution in [2.75, 3.05) is 11.6 Å². The van der Waals surface area contributed by atoms with Crippen LogP contribution in [0, 0.1) is 41.1 Å². The molecular formula is C25H25F3N4O6S3. The number of carbonyl (C=O) groups is 2. The van der Waals surface area contributed by atoms with Gasteiger partial charge in [0.15, 0.2) is 29.2 Å². The van der Waals surface area contributed by atoms with E-state index in [1.807, 2.05) is 0 Å². The lowest BCUT2D eigenvalue weighted by molar-refractivity contribution is -0.162. The molecule has 220 valence electrons. The summed E-state index contributed by atoms with van der Waals surface area (Å²) < 4.78 is 97.4. The molecule has 7 rings (SSSR count). The zero-order chi connectivity index (χ0) is 29.4. The van der Waals surface area contributed by atoms with E-state index < -0.39 is 67.1 Å². The fourth-order valence-corrected chi connectivity index (χ4v) is 9.81. The summed E-state index contributed by atoms with van der Waals surface area (Å²) in [6, 6.07) is 1.07. The molecule has 3 saturated carbocycles. The summed E-state index contributed by atoms with van der Waals surface area (Å²) >= 11 is 0.957. The van der Waals surface area contributed by atoms with E-state index in [1.54, 1.807) is 0 Å². The van der Waals surface area contributed by atoms with Gasteiger partial charge in [-0.2, -0.15) is 8.42 Å². The highest BCUT2D eigenvalue weighted by Gasteiger charge is 2.58. The molecule has 0 spiro atoms. The van der Waals surface area contributed by atoms with E-state index in [0.717, 1.165) is 55.4 Å². The first-order valence-corrected chi connectivity index (χ1v) is 17.1. The maximum Gasteiger partial charge on any atom is 0.287 e. The highest BCUT2D eigenvalue weighted by Crippen LogP contribution is 2.51. The molecule has 10 nitrogen and oxygen atoms in total. The zero-order valence-corrected chi connectivity index (χ0v) is 24.0. The molecule has 1 aromatic heterocycles. The summed E-state index contributed by atoms with van der Waals surface area (Å²) in [7, 11) is -8.06. The molecule has 0 radical (unpaired) electrons. The number of likely N-dealkylation sites (tertiary alicyclic amines) is 1. The average molecular weight is 631 g/mol. The molecule has 3 atom stereocenters. The van der Waals surface area contributed by atoms with Gasteiger partial charge in [0.05, 0.1) is 6.26 Å². The molecule has 3 heterocycles. The smallest absolute Gasteiger partial charge is 0.287 e. The minimum absolute atomic E-state index is 0.00206. The quantitative estimate of drug-likeness (QED) is 0.369. The maximum absolute atomic E-state index is 14.0. The monoisotopic (exact) mass is 630 g/mol. The van der Waals surface area contributed by atoms with Crippen molar-refractivity contribution in [3.05, 3.63) is 46.1 Å². The number of sulfonamides is 2. The van der Waals surface area contributed by atoms with Crippen LogP contribution in [0.25, 0.3) is 0 Å². The Kier molecular flexibility index (Phi) is 6.82. The summed E-state index contributed by atoms with van der Waals surface area (Å²) in [4.78, 5) is 29.1. The molecule has 3 aliphatic carbocycles. The van der Waals surface area contributed by atoms with E-state index in [2.05, 4.69) is 14.4 Å². The predicted molar refractivity (Wildman–Crippen MR) is 142 cm³/mol. The number of amidine groups is 1. The van der Waals surface area contributed by atoms with Gasteiger partial charge in [0.2, 0.25) is 15.9 Å². The van der Waals surface area contributed by atoms with Crippen LogP contribution in [0.3, 0.4) is 0 Å².